The molecule has 0 N–H and O–H groups in total. The van der Waals surface area contributed by atoms with Gasteiger partial charge in [-0.05, 0) is 35.7 Å². The Morgan fingerprint density at radius 1 is 0.420 bits per heavy atom. The molecule has 0 amide bonds. The third-order valence-electron chi connectivity index (χ3n) is 12.0. The number of halogens is 24. The summed E-state index contributed by atoms with van der Waals surface area (Å²) in [5, 5.41) is 12.3. The highest BCUT2D eigenvalue weighted by molar-refractivity contribution is 7.20. The van der Waals surface area contributed by atoms with Gasteiger partial charge >= 0.3 is 62.0 Å². The minimum Gasteiger partial charge on any atom is -0.378 e. The van der Waals surface area contributed by atoms with E-state index in [2.05, 4.69) is 0 Å². The number of hydrogen-bond acceptors (Lipinski definition) is 4. The lowest BCUT2D eigenvalue weighted by molar-refractivity contribution is -0.692. The van der Waals surface area contributed by atoms with Gasteiger partial charge in [0, 0.05) is 11.6 Å². The Hall–Kier alpha value is -8.02. The topological polar surface area (TPSA) is 73.3 Å². The molecule has 0 atom stereocenters. The van der Waals surface area contributed by atoms with Crippen molar-refractivity contribution in [1.29, 1.82) is 0 Å². The number of Topliss-reactive ketones (excluding diaryl/α,β-unsaturated/α-hetero) is 1. The van der Waals surface area contributed by atoms with Crippen molar-refractivity contribution >= 4 is 44.6 Å². The van der Waals surface area contributed by atoms with Crippen LogP contribution in [0.4, 0.5) is 105 Å². The van der Waals surface area contributed by atoms with Gasteiger partial charge in [-0.1, -0.05) is 97.1 Å². The normalized spacial score (nSPS) is 13.2. The number of benzene rings is 6. The average molecular weight is 1190 g/mol. The highest BCUT2D eigenvalue weighted by Gasteiger charge is 2.47. The summed E-state index contributed by atoms with van der Waals surface area (Å²) in [7, 11) is 0. The zero-order valence-corrected chi connectivity index (χ0v) is 39.4. The first-order valence-electron chi connectivity index (χ1n) is 22.0. The predicted molar refractivity (Wildman–Crippen MR) is 237 cm³/mol. The maximum absolute atomic E-state index is 14.2. The molecule has 0 aliphatic heterocycles. The summed E-state index contributed by atoms with van der Waals surface area (Å²) in [5.41, 5.74) is -29.6. The number of carbonyl (C=O) groups is 1. The molecule has 0 unspecified atom stereocenters. The first-order chi connectivity index (χ1) is 36.9. The average Bonchev–Trinajstić information content (AvgIpc) is 3.34. The molecule has 1 heterocycles. The zero-order valence-electron chi connectivity index (χ0n) is 39.4. The van der Waals surface area contributed by atoms with E-state index in [9.17, 15) is 120 Å². The van der Waals surface area contributed by atoms with E-state index in [0.717, 1.165) is 10.8 Å². The van der Waals surface area contributed by atoms with Gasteiger partial charge in [0.25, 0.3) is 0 Å². The molecule has 0 fully saturated rings. The number of fused-ring (bicyclic) bond motifs is 1. The molecule has 31 heteroatoms. The van der Waals surface area contributed by atoms with Crippen LogP contribution < -0.4 is 31.2 Å². The number of rotatable bonds is 10. The fourth-order valence-corrected chi connectivity index (χ4v) is 8.57. The molecule has 432 valence electrons. The van der Waals surface area contributed by atoms with Gasteiger partial charge in [-0.3, -0.25) is 14.9 Å². The molecule has 6 nitrogen and oxygen atoms in total. The van der Waals surface area contributed by atoms with Gasteiger partial charge in [-0.15, -0.1) is 0 Å². The van der Waals surface area contributed by atoms with Crippen LogP contribution in [0, 0.1) is 10.1 Å². The van der Waals surface area contributed by atoms with E-state index in [4.69, 9.17) is 4.74 Å². The Bertz CT molecular complexity index is 3030. The summed E-state index contributed by atoms with van der Waals surface area (Å²) in [5.74, 6) is 0.218. The van der Waals surface area contributed by atoms with Crippen molar-refractivity contribution in [3.05, 3.63) is 200 Å². The van der Waals surface area contributed by atoms with Crippen LogP contribution >= 0.6 is 0 Å². The van der Waals surface area contributed by atoms with Gasteiger partial charge < -0.3 is 4.74 Å². The summed E-state index contributed by atoms with van der Waals surface area (Å²) in [6.45, 7) is -0.616. The van der Waals surface area contributed by atoms with Gasteiger partial charge in [0.05, 0.1) is 54.8 Å². The maximum atomic E-state index is 14.2. The minimum absolute atomic E-state index is 0.0435. The summed E-state index contributed by atoms with van der Waals surface area (Å²) >= 11 is 0. The van der Waals surface area contributed by atoms with E-state index in [-0.39, 0.29) is 12.3 Å². The lowest BCUT2D eigenvalue weighted by atomic mass is 9.12. The molecule has 7 aromatic rings. The highest BCUT2D eigenvalue weighted by atomic mass is 19.4. The maximum Gasteiger partial charge on any atom is 0.416 e. The van der Waals surface area contributed by atoms with Gasteiger partial charge in [-0.25, -0.2) is 0 Å². The molecule has 7 rings (SSSR count). The Labute approximate surface area is 436 Å². The summed E-state index contributed by atoms with van der Waals surface area (Å²) < 4.78 is 348. The van der Waals surface area contributed by atoms with Gasteiger partial charge in [0.1, 0.15) is 6.15 Å². The van der Waals surface area contributed by atoms with Crippen molar-refractivity contribution in [3.63, 3.8) is 0 Å². The highest BCUT2D eigenvalue weighted by Crippen LogP contribution is 2.41. The van der Waals surface area contributed by atoms with Crippen LogP contribution in [0.2, 0.25) is 0 Å². The Morgan fingerprint density at radius 2 is 0.704 bits per heavy atom. The van der Waals surface area contributed by atoms with Crippen molar-refractivity contribution < 1.29 is 124 Å². The van der Waals surface area contributed by atoms with Crippen molar-refractivity contribution in [2.45, 2.75) is 56.0 Å². The van der Waals surface area contributed by atoms with Crippen LogP contribution in [-0.2, 0) is 56.0 Å². The fourth-order valence-electron chi connectivity index (χ4n) is 8.57. The summed E-state index contributed by atoms with van der Waals surface area (Å²) in [4.78, 5) is 22.5. The zero-order chi connectivity index (χ0) is 60.9. The number of carbonyl (C=O) groups excluding carboxylic acids is 1. The van der Waals surface area contributed by atoms with Crippen LogP contribution in [0.1, 0.15) is 54.9 Å². The number of nitro groups is 1. The van der Waals surface area contributed by atoms with Crippen LogP contribution in [0.15, 0.2) is 140 Å². The number of alkyl halides is 24. The van der Waals surface area contributed by atoms with E-state index in [1.807, 2.05) is 36.4 Å². The molecule has 81 heavy (non-hydrogen) atoms. The van der Waals surface area contributed by atoms with E-state index < -0.39 is 206 Å². The first-order valence-corrected chi connectivity index (χ1v) is 22.0. The molecule has 1 aromatic heterocycles. The van der Waals surface area contributed by atoms with E-state index in [1.165, 1.54) is 0 Å². The molecule has 0 aliphatic carbocycles. The molecule has 0 radical (unpaired) electrons. The number of ketones is 1. The van der Waals surface area contributed by atoms with Crippen molar-refractivity contribution in [1.82, 2.24) is 0 Å². The van der Waals surface area contributed by atoms with Crippen molar-refractivity contribution in [2.24, 2.45) is 0 Å². The number of ether oxygens (including phenoxy) is 1. The fraction of sp³-hybridized carbons (Fsp3) is 0.200. The van der Waals surface area contributed by atoms with Crippen LogP contribution in [-0.4, -0.2) is 23.6 Å². The number of hydrogen-bond donors (Lipinski definition) is 0. The molecule has 0 bridgehead atoms. The smallest absolute Gasteiger partial charge is 0.378 e. The van der Waals surface area contributed by atoms with Crippen LogP contribution in [0.25, 0.3) is 10.8 Å². The standard InChI is InChI=1S/C32H12BF24.C18H15N2O4/c34-25(35,36)13-1-14(26(37,38)39)6-21(5-13)33(22-7-15(27(40,41)42)2-16(8-22)28(43,44)45,23-9-17(29(46,47)48)3-18(10-23)30(49,50)51)24-11-19(31(52,53)54)4-20(12-24)32(55,56)57;21-17(15-7-2-1-3-8-15)12-19-11-10-14-6-4-5-9-16(14)18(19)24-13-20(22)23/h1-12H;1-11H,12-13H2/q-1;+1. The number of nitrogens with zero attached hydrogens (tertiary/aromatic N) is 2. The molecule has 0 saturated carbocycles. The Morgan fingerprint density at radius 3 is 0.988 bits per heavy atom. The minimum atomic E-state index is -6.13. The Balaban J connectivity index is 0.000000363. The van der Waals surface area contributed by atoms with Gasteiger partial charge in [-0.2, -0.15) is 132 Å². The lowest BCUT2D eigenvalue weighted by Gasteiger charge is -2.46. The predicted octanol–water partition coefficient (Wildman–Crippen LogP) is 13.8. The largest absolute Gasteiger partial charge is 0.416 e. The number of aromatic nitrogens is 1. The monoisotopic (exact) mass is 1190 g/mol. The molecule has 6 aromatic carbocycles. The summed E-state index contributed by atoms with van der Waals surface area (Å²) in [6, 6.07) is 9.34. The third-order valence-corrected chi connectivity index (χ3v) is 12.0. The lowest BCUT2D eigenvalue weighted by Crippen LogP contribution is -2.75. The summed E-state index contributed by atoms with van der Waals surface area (Å²) in [6.07, 6.45) is -53.1. The van der Waals surface area contributed by atoms with E-state index in [0.29, 0.717) is 11.4 Å². The van der Waals surface area contributed by atoms with Crippen molar-refractivity contribution in [3.8, 4) is 5.88 Å². The third kappa shape index (κ3) is 14.3. The molecular formula is C50H27BF24N2O4. The molecule has 0 aliphatic rings. The second kappa shape index (κ2) is 21.8. The SMILES string of the molecule is FC(F)(F)c1cc([B-](c2cc(C(F)(F)F)cc(C(F)(F)F)c2)(c2cc(C(F)(F)F)cc(C(F)(F)F)c2)c2cc(C(F)(F)F)cc(C(F)(F)F)c2)cc(C(F)(F)F)c1.O=C(C[n+]1ccc2ccccc2c1OC[N+](=O)[O-])c1ccccc1. The molecule has 0 spiro atoms. The van der Waals surface area contributed by atoms with Gasteiger partial charge in [0.15, 0.2) is 6.20 Å². The van der Waals surface area contributed by atoms with E-state index in [1.54, 1.807) is 35.0 Å². The van der Waals surface area contributed by atoms with Crippen molar-refractivity contribution in [2.75, 3.05) is 6.73 Å². The number of pyridine rings is 1. The quantitative estimate of drug-likeness (QED) is 0.0260. The second-order valence-corrected chi connectivity index (χ2v) is 17.5. The van der Waals surface area contributed by atoms with Gasteiger partial charge in [0.2, 0.25) is 12.3 Å². The molecule has 0 saturated heterocycles. The Kier molecular flexibility index (Phi) is 16.7. The van der Waals surface area contributed by atoms with Crippen LogP contribution in [0.5, 0.6) is 5.88 Å². The van der Waals surface area contributed by atoms with E-state index >= 15 is 0 Å². The molecular weight excluding hydrogens is 1160 g/mol. The second-order valence-electron chi connectivity index (χ2n) is 17.5. The van der Waals surface area contributed by atoms with Crippen LogP contribution in [0.3, 0.4) is 0 Å². The first kappa shape index (κ1) is 62.2.